The lowest BCUT2D eigenvalue weighted by molar-refractivity contribution is 0.258. The van der Waals surface area contributed by atoms with E-state index in [2.05, 4.69) is 24.4 Å². The fourth-order valence-electron chi connectivity index (χ4n) is 1.50. The molecule has 0 unspecified atom stereocenters. The second-order valence-electron chi connectivity index (χ2n) is 4.21. The van der Waals surface area contributed by atoms with Gasteiger partial charge >= 0.3 is 0 Å². The predicted octanol–water partition coefficient (Wildman–Crippen LogP) is 0.381. The summed E-state index contributed by atoms with van der Waals surface area (Å²) in [4.78, 5) is 0. The Morgan fingerprint density at radius 1 is 1.19 bits per heavy atom. The normalized spacial score (nSPS) is 11.5. The maximum absolute atomic E-state index is 11.7. The van der Waals surface area contributed by atoms with Gasteiger partial charge in [-0.25, -0.2) is 4.63 Å². The molecule has 114 valence electrons. The molecular weight excluding hydrogens is 296 g/mol. The molecule has 0 bridgehead atoms. The molecular formula is C12H16N4O4S. The summed E-state index contributed by atoms with van der Waals surface area (Å²) < 4.78 is 37.9. The Morgan fingerprint density at radius 2 is 1.95 bits per heavy atom. The van der Waals surface area contributed by atoms with E-state index in [-0.39, 0.29) is 25.6 Å². The van der Waals surface area contributed by atoms with Crippen molar-refractivity contribution in [2.75, 3.05) is 13.2 Å². The molecule has 8 nitrogen and oxygen atoms in total. The van der Waals surface area contributed by atoms with Gasteiger partial charge in [0.15, 0.2) is 0 Å². The number of aromatic nitrogens is 2. The number of rotatable bonds is 8. The predicted molar refractivity (Wildman–Crippen MR) is 74.7 cm³/mol. The van der Waals surface area contributed by atoms with Crippen molar-refractivity contribution in [2.45, 2.75) is 13.5 Å². The number of aryl methyl sites for hydroxylation is 1. The van der Waals surface area contributed by atoms with Gasteiger partial charge < -0.3 is 4.74 Å². The van der Waals surface area contributed by atoms with E-state index in [9.17, 15) is 8.42 Å². The van der Waals surface area contributed by atoms with Gasteiger partial charge in [0.25, 0.3) is 16.1 Å². The number of nitrogens with one attached hydrogen (secondary N) is 2. The zero-order valence-corrected chi connectivity index (χ0v) is 12.3. The second kappa shape index (κ2) is 7.16. The van der Waals surface area contributed by atoms with Crippen LogP contribution in [0.1, 0.15) is 11.3 Å². The molecule has 2 N–H and O–H groups in total. The first-order valence-corrected chi connectivity index (χ1v) is 7.75. The van der Waals surface area contributed by atoms with Crippen LogP contribution in [-0.2, 0) is 16.8 Å². The Balaban J connectivity index is 1.70. The van der Waals surface area contributed by atoms with Gasteiger partial charge in [-0.2, -0.15) is 17.9 Å². The molecule has 1 aromatic heterocycles. The highest BCUT2D eigenvalue weighted by Crippen LogP contribution is 2.09. The Labute approximate surface area is 122 Å². The first-order chi connectivity index (χ1) is 10.1. The second-order valence-corrected chi connectivity index (χ2v) is 5.79. The van der Waals surface area contributed by atoms with Crippen LogP contribution in [0.3, 0.4) is 0 Å². The van der Waals surface area contributed by atoms with Crippen molar-refractivity contribution in [3.63, 3.8) is 0 Å². The number of ether oxygens (including phenoxy) is 1. The summed E-state index contributed by atoms with van der Waals surface area (Å²) in [5.41, 5.74) is 1.39. The van der Waals surface area contributed by atoms with Gasteiger partial charge in [-0.3, -0.25) is 0 Å². The van der Waals surface area contributed by atoms with Crippen molar-refractivity contribution in [3.8, 4) is 5.88 Å². The van der Waals surface area contributed by atoms with Crippen molar-refractivity contribution in [2.24, 2.45) is 0 Å². The average molecular weight is 312 g/mol. The standard InChI is InChI=1S/C12H16N4O4S/c1-10-12(16-20-15-10)19-8-7-13-21(17,18)14-9-11-5-3-2-4-6-11/h2-6,13-14H,7-9H2,1H3. The van der Waals surface area contributed by atoms with Crippen LogP contribution in [0.5, 0.6) is 5.88 Å². The van der Waals surface area contributed by atoms with E-state index >= 15 is 0 Å². The van der Waals surface area contributed by atoms with Crippen molar-refractivity contribution in [3.05, 3.63) is 41.6 Å². The van der Waals surface area contributed by atoms with E-state index in [0.29, 0.717) is 5.69 Å². The quantitative estimate of drug-likeness (QED) is 0.683. The summed E-state index contributed by atoms with van der Waals surface area (Å²) in [5.74, 6) is 0.256. The van der Waals surface area contributed by atoms with Crippen LogP contribution < -0.4 is 14.2 Å². The lowest BCUT2D eigenvalue weighted by Crippen LogP contribution is -2.38. The summed E-state index contributed by atoms with van der Waals surface area (Å²) in [5, 5.41) is 7.07. The fourth-order valence-corrected chi connectivity index (χ4v) is 2.31. The molecule has 9 heteroatoms. The summed E-state index contributed by atoms with van der Waals surface area (Å²) in [6, 6.07) is 9.24. The average Bonchev–Trinajstić information content (AvgIpc) is 2.88. The van der Waals surface area contributed by atoms with Crippen molar-refractivity contribution >= 4 is 10.2 Å². The summed E-state index contributed by atoms with van der Waals surface area (Å²) >= 11 is 0. The van der Waals surface area contributed by atoms with Crippen LogP contribution in [0.25, 0.3) is 0 Å². The van der Waals surface area contributed by atoms with Gasteiger partial charge in [-0.1, -0.05) is 35.5 Å². The maximum Gasteiger partial charge on any atom is 0.278 e. The van der Waals surface area contributed by atoms with Crippen LogP contribution in [0.15, 0.2) is 35.0 Å². The first-order valence-electron chi connectivity index (χ1n) is 6.27. The van der Waals surface area contributed by atoms with Gasteiger partial charge in [0, 0.05) is 13.1 Å². The van der Waals surface area contributed by atoms with E-state index in [1.54, 1.807) is 6.92 Å². The van der Waals surface area contributed by atoms with Crippen molar-refractivity contribution in [1.29, 1.82) is 0 Å². The molecule has 2 rings (SSSR count). The lowest BCUT2D eigenvalue weighted by Gasteiger charge is -2.08. The molecule has 0 aliphatic rings. The first kappa shape index (κ1) is 15.4. The highest BCUT2D eigenvalue weighted by atomic mass is 32.2. The molecule has 1 heterocycles. The van der Waals surface area contributed by atoms with Gasteiger partial charge in [-0.15, -0.1) is 0 Å². The van der Waals surface area contributed by atoms with Gasteiger partial charge in [0.1, 0.15) is 12.3 Å². The van der Waals surface area contributed by atoms with Crippen molar-refractivity contribution in [1.82, 2.24) is 19.8 Å². The van der Waals surface area contributed by atoms with E-state index < -0.39 is 10.2 Å². The van der Waals surface area contributed by atoms with Crippen molar-refractivity contribution < 1.29 is 17.8 Å². The molecule has 0 saturated heterocycles. The molecule has 0 saturated carbocycles. The smallest absolute Gasteiger partial charge is 0.278 e. The monoisotopic (exact) mass is 312 g/mol. The van der Waals surface area contributed by atoms with Crippen LogP contribution in [0, 0.1) is 6.92 Å². The summed E-state index contributed by atoms with van der Waals surface area (Å²) in [6.45, 7) is 2.14. The minimum atomic E-state index is -3.57. The SMILES string of the molecule is Cc1nonc1OCCNS(=O)(=O)NCc1ccccc1. The highest BCUT2D eigenvalue weighted by molar-refractivity contribution is 7.87. The van der Waals surface area contributed by atoms with E-state index in [0.717, 1.165) is 5.56 Å². The van der Waals surface area contributed by atoms with Crippen LogP contribution in [0.4, 0.5) is 0 Å². The van der Waals surface area contributed by atoms with E-state index in [1.807, 2.05) is 30.3 Å². The van der Waals surface area contributed by atoms with Crippen LogP contribution in [0.2, 0.25) is 0 Å². The molecule has 0 fully saturated rings. The molecule has 0 atom stereocenters. The highest BCUT2D eigenvalue weighted by Gasteiger charge is 2.10. The molecule has 0 aliphatic heterocycles. The summed E-state index contributed by atoms with van der Waals surface area (Å²) in [6.07, 6.45) is 0. The Bertz CT molecular complexity index is 657. The van der Waals surface area contributed by atoms with E-state index in [1.165, 1.54) is 0 Å². The van der Waals surface area contributed by atoms with Gasteiger partial charge in [0.05, 0.1) is 0 Å². The topological polar surface area (TPSA) is 106 Å². The molecule has 2 aromatic rings. The zero-order chi connectivity index (χ0) is 15.1. The van der Waals surface area contributed by atoms with Crippen LogP contribution >= 0.6 is 0 Å². The maximum atomic E-state index is 11.7. The molecule has 21 heavy (non-hydrogen) atoms. The Kier molecular flexibility index (Phi) is 5.26. The van der Waals surface area contributed by atoms with Crippen LogP contribution in [-0.4, -0.2) is 31.9 Å². The number of hydrogen-bond donors (Lipinski definition) is 2. The Hall–Kier alpha value is -1.97. The van der Waals surface area contributed by atoms with Gasteiger partial charge in [-0.05, 0) is 17.6 Å². The largest absolute Gasteiger partial charge is 0.473 e. The number of nitrogens with zero attached hydrogens (tertiary/aromatic N) is 2. The fraction of sp³-hybridized carbons (Fsp3) is 0.333. The lowest BCUT2D eigenvalue weighted by atomic mass is 10.2. The third kappa shape index (κ3) is 5.14. The summed E-state index contributed by atoms with van der Waals surface area (Å²) in [7, 11) is -3.57. The molecule has 0 aliphatic carbocycles. The van der Waals surface area contributed by atoms with E-state index in [4.69, 9.17) is 4.74 Å². The zero-order valence-electron chi connectivity index (χ0n) is 11.4. The number of hydrogen-bond acceptors (Lipinski definition) is 6. The minimum Gasteiger partial charge on any atom is -0.473 e. The molecule has 1 aromatic carbocycles. The number of benzene rings is 1. The molecule has 0 amide bonds. The van der Waals surface area contributed by atoms with Gasteiger partial charge in [0.2, 0.25) is 0 Å². The third-order valence-electron chi connectivity index (χ3n) is 2.55. The Morgan fingerprint density at radius 3 is 2.62 bits per heavy atom. The molecule has 0 spiro atoms. The molecule has 0 radical (unpaired) electrons. The third-order valence-corrected chi connectivity index (χ3v) is 3.66. The minimum absolute atomic E-state index is 0.108.